The monoisotopic (exact) mass is 628 g/mol. The van der Waals surface area contributed by atoms with Gasteiger partial charge in [-0.3, -0.25) is 19.2 Å². The minimum Gasteiger partial charge on any atom is -0.472 e. The first kappa shape index (κ1) is 29.6. The van der Waals surface area contributed by atoms with Gasteiger partial charge >= 0.3 is 17.9 Å². The van der Waals surface area contributed by atoms with Gasteiger partial charge in [-0.1, -0.05) is 34.6 Å². The molecule has 1 N–H and O–H groups in total. The smallest absolute Gasteiger partial charge is 0.308 e. The average Bonchev–Trinajstić information content (AvgIpc) is 3.67. The van der Waals surface area contributed by atoms with Gasteiger partial charge in [-0.15, -0.1) is 0 Å². The highest BCUT2D eigenvalue weighted by atomic mass is 16.9. The third-order valence-electron chi connectivity index (χ3n) is 13.4. The van der Waals surface area contributed by atoms with Gasteiger partial charge in [-0.05, 0) is 31.2 Å². The summed E-state index contributed by atoms with van der Waals surface area (Å²) in [5.41, 5.74) is -9.54. The quantitative estimate of drug-likeness (QED) is 0.279. The molecule has 3 saturated heterocycles. The highest BCUT2D eigenvalue weighted by molar-refractivity contribution is 6.01. The Balaban J connectivity index is 1.43. The molecule has 7 aliphatic rings. The Morgan fingerprint density at radius 2 is 1.78 bits per heavy atom. The number of carbonyl (C=O) groups is 4. The van der Waals surface area contributed by atoms with Crippen molar-refractivity contribution < 1.29 is 57.1 Å². The summed E-state index contributed by atoms with van der Waals surface area (Å²) >= 11 is 0. The summed E-state index contributed by atoms with van der Waals surface area (Å²) in [6, 6.07) is 1.59. The summed E-state index contributed by atoms with van der Waals surface area (Å²) in [6.07, 6.45) is 0.652. The first-order chi connectivity index (χ1) is 21.0. The Bertz CT molecular complexity index is 1550. The van der Waals surface area contributed by atoms with E-state index in [9.17, 15) is 24.3 Å². The zero-order valence-corrected chi connectivity index (χ0v) is 26.6. The fraction of sp³-hybridized carbons (Fsp3) is 0.758. The molecule has 8 rings (SSSR count). The number of carbonyl (C=O) groups excluding carboxylic acids is 4. The molecular weight excluding hydrogens is 588 g/mol. The standard InChI is InChI=1S/C33H40O12/c1-16(2)23(37)42-24-27(4)15-31-28(5,18(27)12-20(34)39-7)30-10-9-26(3,22(36)17-8-11-40-14-17)19-13-21(35)41-25(32(24,31)38)33(19,30)45-29(6,43-30)44-31/h8,11,14,16,18-19,24-25,38H,9-10,12-13,15H2,1-7H3/t18?,19?,24?,25?,26?,27?,28-,29?,30?,31?,32?,33?/m0/s1. The van der Waals surface area contributed by atoms with Crippen molar-refractivity contribution in [3.63, 3.8) is 0 Å². The van der Waals surface area contributed by atoms with E-state index in [1.807, 2.05) is 20.8 Å². The molecule has 0 aromatic carbocycles. The second-order valence-electron chi connectivity index (χ2n) is 15.5. The van der Waals surface area contributed by atoms with Gasteiger partial charge in [-0.25, -0.2) is 0 Å². The van der Waals surface area contributed by atoms with E-state index in [1.54, 1.807) is 26.8 Å². The minimum absolute atomic E-state index is 0.0708. The lowest BCUT2D eigenvalue weighted by Crippen LogP contribution is -2.94. The fourth-order valence-corrected chi connectivity index (χ4v) is 12.0. The molecule has 0 amide bonds. The highest BCUT2D eigenvalue weighted by Gasteiger charge is 3.04. The number of ketones is 1. The van der Waals surface area contributed by atoms with E-state index in [2.05, 4.69) is 0 Å². The van der Waals surface area contributed by atoms with Gasteiger partial charge in [-0.2, -0.15) is 0 Å². The number of hydrogen-bond acceptors (Lipinski definition) is 12. The molecule has 4 aliphatic carbocycles. The molecule has 12 nitrogen and oxygen atoms in total. The van der Waals surface area contributed by atoms with Crippen molar-refractivity contribution in [2.24, 2.45) is 34.0 Å². The maximum Gasteiger partial charge on any atom is 0.308 e. The number of aliphatic hydroxyl groups is 1. The normalized spacial score (nSPS) is 52.9. The molecular formula is C33H40O12. The summed E-state index contributed by atoms with van der Waals surface area (Å²) in [7, 11) is 1.32. The molecule has 4 saturated carbocycles. The maximum absolute atomic E-state index is 14.3. The van der Waals surface area contributed by atoms with E-state index in [-0.39, 0.29) is 31.5 Å². The number of hydrogen-bond donors (Lipinski definition) is 1. The van der Waals surface area contributed by atoms with E-state index >= 15 is 0 Å². The molecule has 1 aromatic rings. The van der Waals surface area contributed by atoms with Crippen molar-refractivity contribution >= 4 is 23.7 Å². The number of esters is 3. The topological polar surface area (TPSA) is 157 Å². The zero-order valence-electron chi connectivity index (χ0n) is 26.6. The summed E-state index contributed by atoms with van der Waals surface area (Å²) in [6.45, 7) is 10.7. The van der Waals surface area contributed by atoms with Crippen LogP contribution in [-0.2, 0) is 42.8 Å². The number of methoxy groups -OCH3 is 1. The molecule has 1 aromatic heterocycles. The third kappa shape index (κ3) is 2.77. The third-order valence-corrected chi connectivity index (χ3v) is 13.4. The number of furan rings is 1. The molecule has 45 heavy (non-hydrogen) atoms. The lowest BCUT2D eigenvalue weighted by Gasteiger charge is -2.77. The highest BCUT2D eigenvalue weighted by Crippen LogP contribution is 2.89. The van der Waals surface area contributed by atoms with E-state index in [1.165, 1.54) is 19.6 Å². The first-order valence-corrected chi connectivity index (χ1v) is 15.8. The van der Waals surface area contributed by atoms with Crippen LogP contribution in [0.3, 0.4) is 0 Å². The number of ether oxygens (including phenoxy) is 6. The molecule has 7 fully saturated rings. The van der Waals surface area contributed by atoms with Gasteiger partial charge in [0.1, 0.15) is 29.2 Å². The SMILES string of the molecule is COC(=O)CC1C2(C)CC34OC5(C)OC67C(CC(=O)OC6C3(O)C2OC(=O)C(C)C)C(C)(C(=O)c2ccoc2)CCC7(O5)[C@]14C. The molecule has 12 atom stereocenters. The fourth-order valence-electron chi connectivity index (χ4n) is 12.0. The molecule has 3 aliphatic heterocycles. The molecule has 0 radical (unpaired) electrons. The lowest BCUT2D eigenvalue weighted by molar-refractivity contribution is -0.478. The molecule has 4 heterocycles. The van der Waals surface area contributed by atoms with E-state index in [0.717, 1.165) is 0 Å². The predicted molar refractivity (Wildman–Crippen MR) is 149 cm³/mol. The van der Waals surface area contributed by atoms with Crippen LogP contribution < -0.4 is 0 Å². The largest absolute Gasteiger partial charge is 0.472 e. The molecule has 4 bridgehead atoms. The Kier molecular flexibility index (Phi) is 5.38. The maximum atomic E-state index is 14.3. The summed E-state index contributed by atoms with van der Waals surface area (Å²) < 4.78 is 43.8. The van der Waals surface area contributed by atoms with Gasteiger partial charge in [0.05, 0.1) is 31.3 Å². The van der Waals surface area contributed by atoms with Gasteiger partial charge < -0.3 is 37.9 Å². The van der Waals surface area contributed by atoms with Gasteiger partial charge in [0.25, 0.3) is 5.97 Å². The lowest BCUT2D eigenvalue weighted by atomic mass is 9.33. The Hall–Kier alpha value is -2.80. The van der Waals surface area contributed by atoms with Crippen LogP contribution in [0, 0.1) is 34.0 Å². The van der Waals surface area contributed by atoms with Crippen molar-refractivity contribution in [3.8, 4) is 0 Å². The predicted octanol–water partition coefficient (Wildman–Crippen LogP) is 3.08. The zero-order chi connectivity index (χ0) is 32.4. The van der Waals surface area contributed by atoms with E-state index < -0.39 is 92.5 Å². The van der Waals surface area contributed by atoms with Gasteiger partial charge in [0.2, 0.25) is 0 Å². The molecule has 3 spiro atoms. The second-order valence-corrected chi connectivity index (χ2v) is 15.5. The first-order valence-electron chi connectivity index (χ1n) is 15.8. The van der Waals surface area contributed by atoms with Crippen molar-refractivity contribution in [2.45, 2.75) is 114 Å². The van der Waals surface area contributed by atoms with Crippen LogP contribution in [0.1, 0.15) is 84.0 Å². The number of fused-ring (bicyclic) bond motifs is 3. The molecule has 11 unspecified atom stereocenters. The van der Waals surface area contributed by atoms with Gasteiger partial charge in [0.15, 0.2) is 17.5 Å². The molecule has 244 valence electrons. The Morgan fingerprint density at radius 1 is 1.07 bits per heavy atom. The van der Waals surface area contributed by atoms with Crippen molar-refractivity contribution in [3.05, 3.63) is 24.2 Å². The van der Waals surface area contributed by atoms with E-state index in [0.29, 0.717) is 12.0 Å². The summed E-state index contributed by atoms with van der Waals surface area (Å²) in [5.74, 6) is -5.54. The van der Waals surface area contributed by atoms with Gasteiger partial charge in [0, 0.05) is 35.5 Å². The summed E-state index contributed by atoms with van der Waals surface area (Å²) in [4.78, 5) is 54.6. The second kappa shape index (κ2) is 8.18. The average molecular weight is 629 g/mol. The van der Waals surface area contributed by atoms with Crippen molar-refractivity contribution in [1.29, 1.82) is 0 Å². The number of Topliss-reactive ketones (excluding diaryl/α,β-unsaturated/α-hetero) is 1. The van der Waals surface area contributed by atoms with Crippen LogP contribution in [0.4, 0.5) is 0 Å². The van der Waals surface area contributed by atoms with Crippen LogP contribution in [0.2, 0.25) is 0 Å². The molecule has 12 heteroatoms. The minimum atomic E-state index is -2.12. The van der Waals surface area contributed by atoms with Crippen molar-refractivity contribution in [1.82, 2.24) is 0 Å². The Labute approximate surface area is 260 Å². The van der Waals surface area contributed by atoms with Crippen molar-refractivity contribution in [2.75, 3.05) is 7.11 Å². The Morgan fingerprint density at radius 3 is 2.42 bits per heavy atom. The van der Waals surface area contributed by atoms with Crippen LogP contribution >= 0.6 is 0 Å². The van der Waals surface area contributed by atoms with Crippen LogP contribution in [-0.4, -0.2) is 76.5 Å². The van der Waals surface area contributed by atoms with Crippen LogP contribution in [0.25, 0.3) is 0 Å². The van der Waals surface area contributed by atoms with Crippen LogP contribution in [0.5, 0.6) is 0 Å². The summed E-state index contributed by atoms with van der Waals surface area (Å²) in [5, 5.41) is 13.5. The van der Waals surface area contributed by atoms with Crippen LogP contribution in [0.15, 0.2) is 23.0 Å². The van der Waals surface area contributed by atoms with E-state index in [4.69, 9.17) is 32.8 Å². The number of rotatable bonds is 6.